The van der Waals surface area contributed by atoms with Crippen LogP contribution in [0.3, 0.4) is 0 Å². The second-order valence-electron chi connectivity index (χ2n) is 7.84. The van der Waals surface area contributed by atoms with Crippen molar-refractivity contribution < 1.29 is 0 Å². The molecule has 0 aromatic rings. The molecule has 1 N–H and O–H groups in total. The molecule has 0 amide bonds. The van der Waals surface area contributed by atoms with Gasteiger partial charge in [0.2, 0.25) is 0 Å². The van der Waals surface area contributed by atoms with Crippen molar-refractivity contribution in [3.63, 3.8) is 0 Å². The summed E-state index contributed by atoms with van der Waals surface area (Å²) in [6.45, 7) is 13.3. The van der Waals surface area contributed by atoms with Crippen LogP contribution in [-0.2, 0) is 0 Å². The molecule has 0 radical (unpaired) electrons. The Morgan fingerprint density at radius 3 is 2.62 bits per heavy atom. The normalized spacial score (nSPS) is 26.4. The van der Waals surface area contributed by atoms with Gasteiger partial charge in [0.1, 0.15) is 0 Å². The first-order valence-electron chi connectivity index (χ1n) is 9.22. The second kappa shape index (κ2) is 7.94. The Morgan fingerprint density at radius 1 is 1.24 bits per heavy atom. The summed E-state index contributed by atoms with van der Waals surface area (Å²) in [6, 6.07) is 1.62. The van der Waals surface area contributed by atoms with Gasteiger partial charge in [-0.2, -0.15) is 0 Å². The molecule has 0 bridgehead atoms. The predicted octanol–water partition coefficient (Wildman–Crippen LogP) is 2.96. The lowest BCUT2D eigenvalue weighted by molar-refractivity contribution is 0.137. The molecule has 2 unspecified atom stereocenters. The molecule has 0 aromatic carbocycles. The van der Waals surface area contributed by atoms with E-state index in [1.165, 1.54) is 71.2 Å². The Labute approximate surface area is 132 Å². The molecule has 2 atom stereocenters. The van der Waals surface area contributed by atoms with Gasteiger partial charge in [-0.05, 0) is 57.7 Å². The molecule has 2 fully saturated rings. The van der Waals surface area contributed by atoms with Crippen LogP contribution in [0.15, 0.2) is 0 Å². The van der Waals surface area contributed by atoms with Crippen LogP contribution in [-0.4, -0.2) is 61.7 Å². The highest BCUT2D eigenvalue weighted by molar-refractivity contribution is 4.88. The van der Waals surface area contributed by atoms with Crippen molar-refractivity contribution in [1.82, 2.24) is 15.1 Å². The molecule has 1 saturated heterocycles. The van der Waals surface area contributed by atoms with E-state index >= 15 is 0 Å². The van der Waals surface area contributed by atoms with E-state index in [2.05, 4.69) is 42.9 Å². The summed E-state index contributed by atoms with van der Waals surface area (Å²) in [7, 11) is 2.33. The molecule has 2 aliphatic rings. The summed E-state index contributed by atoms with van der Waals surface area (Å²) in [5.41, 5.74) is 0.432. The molecular weight excluding hydrogens is 258 g/mol. The minimum atomic E-state index is 0.432. The molecular formula is C18H37N3. The Morgan fingerprint density at radius 2 is 2.00 bits per heavy atom. The topological polar surface area (TPSA) is 18.5 Å². The van der Waals surface area contributed by atoms with Crippen LogP contribution < -0.4 is 5.32 Å². The van der Waals surface area contributed by atoms with Crippen molar-refractivity contribution in [3.05, 3.63) is 0 Å². The van der Waals surface area contributed by atoms with E-state index in [1.807, 2.05) is 0 Å². The predicted molar refractivity (Wildman–Crippen MR) is 91.8 cm³/mol. The second-order valence-corrected chi connectivity index (χ2v) is 7.84. The summed E-state index contributed by atoms with van der Waals surface area (Å²) < 4.78 is 0. The van der Waals surface area contributed by atoms with Gasteiger partial charge >= 0.3 is 0 Å². The number of nitrogens with one attached hydrogen (secondary N) is 1. The first-order valence-corrected chi connectivity index (χ1v) is 9.22. The minimum Gasteiger partial charge on any atom is -0.313 e. The zero-order chi connectivity index (χ0) is 15.3. The van der Waals surface area contributed by atoms with E-state index in [4.69, 9.17) is 0 Å². The number of rotatable bonds is 10. The molecule has 3 nitrogen and oxygen atoms in total. The average molecular weight is 296 g/mol. The highest BCUT2D eigenvalue weighted by Crippen LogP contribution is 2.27. The van der Waals surface area contributed by atoms with Gasteiger partial charge in [0.15, 0.2) is 0 Å². The molecule has 0 aromatic heterocycles. The van der Waals surface area contributed by atoms with Crippen molar-refractivity contribution >= 4 is 0 Å². The zero-order valence-corrected chi connectivity index (χ0v) is 14.8. The van der Waals surface area contributed by atoms with Crippen molar-refractivity contribution in [2.75, 3.05) is 39.8 Å². The number of hydrogen-bond acceptors (Lipinski definition) is 3. The molecule has 1 aliphatic heterocycles. The maximum absolute atomic E-state index is 3.76. The Bertz CT molecular complexity index is 303. The van der Waals surface area contributed by atoms with Gasteiger partial charge in [-0.15, -0.1) is 0 Å². The van der Waals surface area contributed by atoms with Crippen molar-refractivity contribution in [2.45, 2.75) is 71.4 Å². The quantitative estimate of drug-likeness (QED) is 0.668. The Kier molecular flexibility index (Phi) is 6.51. The summed E-state index contributed by atoms with van der Waals surface area (Å²) >= 11 is 0. The fourth-order valence-corrected chi connectivity index (χ4v) is 4.10. The molecule has 2 rings (SSSR count). The van der Waals surface area contributed by atoms with Crippen LogP contribution in [0.2, 0.25) is 0 Å². The van der Waals surface area contributed by atoms with Crippen LogP contribution in [0.4, 0.5) is 0 Å². The standard InChI is InChI=1S/C18H37N3/c1-5-11-18(3,14-19-16-9-10-16)15-20(4)13-17-8-7-12-21(17)6-2/h16-17,19H,5-15H2,1-4H3. The van der Waals surface area contributed by atoms with E-state index < -0.39 is 0 Å². The largest absolute Gasteiger partial charge is 0.313 e. The number of nitrogens with zero attached hydrogens (tertiary/aromatic N) is 2. The third-order valence-electron chi connectivity index (χ3n) is 5.33. The fourth-order valence-electron chi connectivity index (χ4n) is 4.10. The SMILES string of the molecule is CCCC(C)(CNC1CC1)CN(C)CC1CCCN1CC. The Balaban J connectivity index is 1.79. The monoisotopic (exact) mass is 295 g/mol. The van der Waals surface area contributed by atoms with Crippen LogP contribution in [0.25, 0.3) is 0 Å². The van der Waals surface area contributed by atoms with Crippen molar-refractivity contribution in [3.8, 4) is 0 Å². The smallest absolute Gasteiger partial charge is 0.0223 e. The highest BCUT2D eigenvalue weighted by Gasteiger charge is 2.31. The van der Waals surface area contributed by atoms with Gasteiger partial charge in [0.25, 0.3) is 0 Å². The summed E-state index contributed by atoms with van der Waals surface area (Å²) in [5.74, 6) is 0. The summed E-state index contributed by atoms with van der Waals surface area (Å²) in [6.07, 6.45) is 8.20. The summed E-state index contributed by atoms with van der Waals surface area (Å²) in [5, 5.41) is 3.76. The van der Waals surface area contributed by atoms with Gasteiger partial charge in [0.05, 0.1) is 0 Å². The van der Waals surface area contributed by atoms with E-state index in [0.29, 0.717) is 5.41 Å². The molecule has 1 heterocycles. The van der Waals surface area contributed by atoms with Gasteiger partial charge in [-0.3, -0.25) is 4.90 Å². The van der Waals surface area contributed by atoms with Crippen LogP contribution in [0.5, 0.6) is 0 Å². The average Bonchev–Trinajstić information content (AvgIpc) is 3.16. The van der Waals surface area contributed by atoms with Gasteiger partial charge in [-0.25, -0.2) is 0 Å². The summed E-state index contributed by atoms with van der Waals surface area (Å²) in [4.78, 5) is 5.26. The van der Waals surface area contributed by atoms with Gasteiger partial charge in [-0.1, -0.05) is 27.2 Å². The molecule has 3 heteroatoms. The molecule has 124 valence electrons. The first-order chi connectivity index (χ1) is 10.1. The van der Waals surface area contributed by atoms with E-state index in [-0.39, 0.29) is 0 Å². The third kappa shape index (κ3) is 5.54. The maximum Gasteiger partial charge on any atom is 0.0223 e. The lowest BCUT2D eigenvalue weighted by atomic mass is 9.84. The van der Waals surface area contributed by atoms with Crippen molar-refractivity contribution in [1.29, 1.82) is 0 Å². The maximum atomic E-state index is 3.76. The van der Waals surface area contributed by atoms with Gasteiger partial charge < -0.3 is 10.2 Å². The minimum absolute atomic E-state index is 0.432. The van der Waals surface area contributed by atoms with Crippen LogP contribution >= 0.6 is 0 Å². The van der Waals surface area contributed by atoms with E-state index in [0.717, 1.165) is 12.1 Å². The highest BCUT2D eigenvalue weighted by atomic mass is 15.2. The third-order valence-corrected chi connectivity index (χ3v) is 5.33. The Hall–Kier alpha value is -0.120. The fraction of sp³-hybridized carbons (Fsp3) is 1.00. The van der Waals surface area contributed by atoms with Crippen LogP contribution in [0, 0.1) is 5.41 Å². The van der Waals surface area contributed by atoms with E-state index in [1.54, 1.807) is 0 Å². The van der Waals surface area contributed by atoms with Gasteiger partial charge in [0, 0.05) is 31.7 Å². The first kappa shape index (κ1) is 17.2. The van der Waals surface area contributed by atoms with Crippen LogP contribution in [0.1, 0.15) is 59.3 Å². The molecule has 1 aliphatic carbocycles. The molecule has 1 saturated carbocycles. The lowest BCUT2D eigenvalue weighted by Gasteiger charge is -2.36. The van der Waals surface area contributed by atoms with Crippen molar-refractivity contribution in [2.24, 2.45) is 5.41 Å². The number of likely N-dealkylation sites (N-methyl/N-ethyl adjacent to an activating group) is 2. The zero-order valence-electron chi connectivity index (χ0n) is 14.8. The van der Waals surface area contributed by atoms with E-state index in [9.17, 15) is 0 Å². The number of likely N-dealkylation sites (tertiary alicyclic amines) is 1. The molecule has 0 spiro atoms. The lowest BCUT2D eigenvalue weighted by Crippen LogP contribution is -2.45. The molecule has 21 heavy (non-hydrogen) atoms. The number of hydrogen-bond donors (Lipinski definition) is 1.